The minimum Gasteiger partial charge on any atom is -0.388 e. The van der Waals surface area contributed by atoms with Crippen LogP contribution in [0.5, 0.6) is 0 Å². The van der Waals surface area contributed by atoms with Crippen LogP contribution in [0, 0.1) is 5.82 Å². The van der Waals surface area contributed by atoms with Gasteiger partial charge in [-0.05, 0) is 111 Å². The Balaban J connectivity index is 0.000000196. The van der Waals surface area contributed by atoms with Crippen LogP contribution in [0.25, 0.3) is 0 Å². The van der Waals surface area contributed by atoms with Crippen molar-refractivity contribution < 1.29 is 73.7 Å². The summed E-state index contributed by atoms with van der Waals surface area (Å²) in [6, 6.07) is 62.6. The molecule has 0 saturated heterocycles. The number of hydrogen-bond donors (Lipinski definition) is 7. The van der Waals surface area contributed by atoms with E-state index >= 15 is 0 Å². The van der Waals surface area contributed by atoms with E-state index in [0.717, 1.165) is 56.1 Å². The Kier molecular flexibility index (Phi) is 45.6. The van der Waals surface area contributed by atoms with Gasteiger partial charge in [-0.15, -0.1) is 0 Å². The van der Waals surface area contributed by atoms with E-state index in [2.05, 4.69) is 165 Å². The lowest BCUT2D eigenvalue weighted by atomic mass is 9.81. The number of Topliss-reactive ketones (excluding diaryl/α,β-unsaturated/α-hetero) is 7. The zero-order valence-corrected chi connectivity index (χ0v) is 78.7. The molecule has 7 aromatic heterocycles. The van der Waals surface area contributed by atoms with Crippen LogP contribution in [0.3, 0.4) is 0 Å². The third kappa shape index (κ3) is 36.6. The Labute approximate surface area is 805 Å². The Morgan fingerprint density at radius 2 is 0.467 bits per heavy atom. The number of rotatable bonds is 36. The Morgan fingerprint density at radius 3 is 0.672 bits per heavy atom. The normalized spacial score (nSPS) is 11.8. The number of benzene rings is 7. The number of aromatic nitrogens is 14. The number of aliphatic hydroxyl groups excluding tert-OH is 7. The van der Waals surface area contributed by atoms with Crippen molar-refractivity contribution in [3.05, 3.63) is 415 Å². The van der Waals surface area contributed by atoms with E-state index in [1.54, 1.807) is 12.1 Å². The molecule has 7 aromatic carbocycles. The zero-order chi connectivity index (χ0) is 99.0. The van der Waals surface area contributed by atoms with Crippen molar-refractivity contribution in [1.82, 2.24) is 69.8 Å². The van der Waals surface area contributed by atoms with Crippen LogP contribution in [0.4, 0.5) is 4.39 Å². The molecule has 0 amide bonds. The van der Waals surface area contributed by atoms with Crippen LogP contribution in [-0.2, 0) is 56.8 Å². The van der Waals surface area contributed by atoms with Gasteiger partial charge in [0.25, 0.3) is 0 Å². The summed E-state index contributed by atoms with van der Waals surface area (Å²) in [6.45, 7) is 11.0. The number of carbonyl (C=O) groups is 7. The van der Waals surface area contributed by atoms with Gasteiger partial charge < -0.3 is 35.7 Å². The van der Waals surface area contributed by atoms with E-state index in [4.69, 9.17) is 58.9 Å². The van der Waals surface area contributed by atoms with Crippen LogP contribution >= 0.6 is 23.2 Å². The standard InChI is InChI=1S/C16H17FN2O2.C15H14Cl2N2O2.5C15H16N2O2/c1-16(2,12-3-5-13(17)6-4-12)7-15-18-8-11(9-19-15)14(21)10-20;16-12-4-2-5-13(17)11(12)3-1-6-15-18-7-10(8-19-15)14(21)9-20;5*1-11(12-5-3-2-4-6-12)7-15-16-8-13(9-17-15)14(19)10-18/h3-6,8-9,20H,7,10H2,1-2H3;2,4-5,7-8,20H,1,3,6,9H2;5*2-6,8-9,11,18H,7,10H2,1H3/t;;4*11-;/m..1100./s1. The highest BCUT2D eigenvalue weighted by molar-refractivity contribution is 6.36. The van der Waals surface area contributed by atoms with Crippen molar-refractivity contribution in [2.75, 3.05) is 46.2 Å². The van der Waals surface area contributed by atoms with Crippen LogP contribution in [0.15, 0.2) is 281 Å². The molecule has 0 radical (unpaired) electrons. The lowest BCUT2D eigenvalue weighted by Gasteiger charge is -2.24. The molecule has 7 N–H and O–H groups in total. The number of aryl methyl sites for hydroxylation is 1. The molecular weight excluding hydrogens is 1780 g/mol. The summed E-state index contributed by atoms with van der Waals surface area (Å²) in [5.74, 6) is 3.49. The van der Waals surface area contributed by atoms with E-state index in [1.807, 2.05) is 123 Å². The van der Waals surface area contributed by atoms with Gasteiger partial charge in [0.15, 0.2) is 40.5 Å². The first-order chi connectivity index (χ1) is 66.0. The second kappa shape index (κ2) is 57.7. The molecule has 0 bridgehead atoms. The highest BCUT2D eigenvalue weighted by Gasteiger charge is 2.24. The average Bonchev–Trinajstić information content (AvgIpc) is 0.817. The molecule has 0 spiro atoms. The second-order valence-corrected chi connectivity index (χ2v) is 33.3. The van der Waals surface area contributed by atoms with E-state index in [-0.39, 0.29) is 45.9 Å². The Morgan fingerprint density at radius 1 is 0.270 bits per heavy atom. The average molecular weight is 1900 g/mol. The largest absolute Gasteiger partial charge is 0.388 e. The molecule has 7 heterocycles. The fraction of sp³-hybridized carbons (Fsp3) is 0.274. The van der Waals surface area contributed by atoms with Crippen molar-refractivity contribution in [2.45, 2.75) is 141 Å². The van der Waals surface area contributed by atoms with Gasteiger partial charge in [-0.1, -0.05) is 242 Å². The summed E-state index contributed by atoms with van der Waals surface area (Å²) in [6.07, 6.45) is 26.8. The first kappa shape index (κ1) is 108. The topological polar surface area (TPSA) is 442 Å². The predicted octanol–water partition coefficient (Wildman–Crippen LogP) is 15.4. The van der Waals surface area contributed by atoms with Crippen LogP contribution in [0.2, 0.25) is 10.0 Å². The molecule has 710 valence electrons. The number of aliphatic hydroxyl groups is 7. The first-order valence-electron chi connectivity index (χ1n) is 44.1. The van der Waals surface area contributed by atoms with Crippen LogP contribution in [-0.4, -0.2) is 192 Å². The number of hydrogen-bond acceptors (Lipinski definition) is 28. The summed E-state index contributed by atoms with van der Waals surface area (Å²) in [5, 5.41) is 62.6. The molecule has 5 atom stereocenters. The van der Waals surface area contributed by atoms with Crippen molar-refractivity contribution in [3.63, 3.8) is 0 Å². The smallest absolute Gasteiger partial charge is 0.191 e. The molecule has 0 aliphatic rings. The number of nitrogens with zero attached hydrogens (tertiary/aromatic N) is 14. The quantitative estimate of drug-likeness (QED) is 0.0179. The zero-order valence-electron chi connectivity index (χ0n) is 77.1. The first-order valence-corrected chi connectivity index (χ1v) is 44.9. The van der Waals surface area contributed by atoms with Gasteiger partial charge in [0.1, 0.15) is 92.8 Å². The molecular formula is C106H111Cl2FN14O14. The van der Waals surface area contributed by atoms with E-state index in [1.165, 1.54) is 127 Å². The third-order valence-electron chi connectivity index (χ3n) is 21.6. The molecule has 31 heteroatoms. The lowest BCUT2D eigenvalue weighted by Crippen LogP contribution is -2.22. The summed E-state index contributed by atoms with van der Waals surface area (Å²) < 4.78 is 13.0. The molecule has 0 aliphatic carbocycles. The maximum Gasteiger partial charge on any atom is 0.191 e. The van der Waals surface area contributed by atoms with Crippen molar-refractivity contribution in [3.8, 4) is 0 Å². The molecule has 14 aromatic rings. The monoisotopic (exact) mass is 1890 g/mol. The summed E-state index contributed by atoms with van der Waals surface area (Å²) in [7, 11) is 0. The maximum absolute atomic E-state index is 13.0. The van der Waals surface area contributed by atoms with Crippen LogP contribution < -0.4 is 0 Å². The van der Waals surface area contributed by atoms with Gasteiger partial charge in [-0.2, -0.15) is 0 Å². The fourth-order valence-electron chi connectivity index (χ4n) is 13.3. The summed E-state index contributed by atoms with van der Waals surface area (Å²) in [4.78, 5) is 137. The SMILES string of the molecule is CC(C)(Cc1ncc(C(=O)CO)cn1)c1ccc(F)cc1.CC(Cc1ncc(C(=O)CO)cn1)c1ccccc1.C[C@@H](Cc1ncc(C(=O)CO)cn1)c1ccccc1.C[C@@H](Cc1ncc(C(=O)CO)cn1)c1ccccc1.C[C@H](Cc1ncc(C(=O)CO)cn1)c1ccccc1.C[C@H](Cc1ncc(C(=O)CO)cn1)c1ccccc1.O=C(CO)c1cnc(CCCc2c(Cl)cccc2Cl)nc1. The summed E-state index contributed by atoms with van der Waals surface area (Å²) >= 11 is 12.2. The van der Waals surface area contributed by atoms with Gasteiger partial charge in [0, 0.05) is 142 Å². The van der Waals surface area contributed by atoms with Crippen molar-refractivity contribution in [2.24, 2.45) is 0 Å². The number of carbonyl (C=O) groups excluding carboxylic acids is 7. The van der Waals surface area contributed by atoms with E-state index in [0.29, 0.717) is 132 Å². The lowest BCUT2D eigenvalue weighted by molar-refractivity contribution is 0.0897. The maximum atomic E-state index is 13.0. The Hall–Kier alpha value is -14.0. The van der Waals surface area contributed by atoms with E-state index in [9.17, 15) is 38.0 Å². The molecule has 137 heavy (non-hydrogen) atoms. The van der Waals surface area contributed by atoms with Gasteiger partial charge >= 0.3 is 0 Å². The van der Waals surface area contributed by atoms with Crippen molar-refractivity contribution >= 4 is 63.7 Å². The second-order valence-electron chi connectivity index (χ2n) is 32.5. The molecule has 0 fully saturated rings. The molecule has 28 nitrogen and oxygen atoms in total. The van der Waals surface area contributed by atoms with Gasteiger partial charge in [-0.25, -0.2) is 74.2 Å². The molecule has 14 rings (SSSR count). The number of ketones is 7. The van der Waals surface area contributed by atoms with Crippen molar-refractivity contribution in [1.29, 1.82) is 0 Å². The van der Waals surface area contributed by atoms with Gasteiger partial charge in [-0.3, -0.25) is 33.6 Å². The minimum absolute atomic E-state index is 0.254. The molecule has 0 saturated carbocycles. The highest BCUT2D eigenvalue weighted by Crippen LogP contribution is 2.30. The summed E-state index contributed by atoms with van der Waals surface area (Å²) in [5.41, 5.74) is 10.2. The van der Waals surface area contributed by atoms with Crippen LogP contribution in [0.1, 0.15) is 237 Å². The minimum atomic E-state index is -0.552. The predicted molar refractivity (Wildman–Crippen MR) is 519 cm³/mol. The highest BCUT2D eigenvalue weighted by atomic mass is 35.5. The molecule has 0 aliphatic heterocycles. The number of halogens is 3. The fourth-order valence-corrected chi connectivity index (χ4v) is 13.9. The van der Waals surface area contributed by atoms with Gasteiger partial charge in [0.05, 0.1) is 38.9 Å². The third-order valence-corrected chi connectivity index (χ3v) is 22.3. The van der Waals surface area contributed by atoms with Gasteiger partial charge in [0.2, 0.25) is 0 Å². The molecule has 1 unspecified atom stereocenters. The Bertz CT molecular complexity index is 5420. The van der Waals surface area contributed by atoms with E-state index < -0.39 is 52.0 Å².